The summed E-state index contributed by atoms with van der Waals surface area (Å²) < 4.78 is 11.8. The smallest absolute Gasteiger partial charge is 0.309 e. The standard InChI is InChI=1S/C18H29ClN4O5/c19-7-1-2-8-10(5-7)18(26)28-13(8)14-11(24)12(25)17(27-14)23-4-3-9-15(20)21-6-22-16(9)23/h7-17,21-22,24-25H,1-6,20H2/t7?,8?,9?,10?,11-,12+,13-,14-,15?,16?,17+/m0/s1. The highest BCUT2D eigenvalue weighted by Gasteiger charge is 2.58. The van der Waals surface area contributed by atoms with Crippen molar-refractivity contribution in [3.8, 4) is 0 Å². The largest absolute Gasteiger partial charge is 0.459 e. The van der Waals surface area contributed by atoms with Gasteiger partial charge in [-0.15, -0.1) is 11.6 Å². The molecule has 5 aliphatic rings. The number of ether oxygens (including phenoxy) is 2. The number of esters is 1. The van der Waals surface area contributed by atoms with Crippen LogP contribution in [0.15, 0.2) is 0 Å². The molecule has 11 atom stereocenters. The van der Waals surface area contributed by atoms with E-state index < -0.39 is 30.6 Å². The fraction of sp³-hybridized carbons (Fsp3) is 0.944. The fourth-order valence-electron chi connectivity index (χ4n) is 5.86. The first-order valence-corrected chi connectivity index (χ1v) is 10.7. The van der Waals surface area contributed by atoms with E-state index in [1.54, 1.807) is 0 Å². The molecule has 0 bridgehead atoms. The number of rotatable bonds is 2. The lowest BCUT2D eigenvalue weighted by Crippen LogP contribution is -2.64. The Bertz CT molecular complexity index is 629. The van der Waals surface area contributed by atoms with Gasteiger partial charge in [0.05, 0.1) is 18.2 Å². The third-order valence-corrected chi connectivity index (χ3v) is 7.73. The lowest BCUT2D eigenvalue weighted by Gasteiger charge is -2.39. The number of aliphatic hydroxyl groups is 2. The van der Waals surface area contributed by atoms with Gasteiger partial charge in [0.2, 0.25) is 0 Å². The Hall–Kier alpha value is -0.520. The van der Waals surface area contributed by atoms with Crippen LogP contribution in [-0.2, 0) is 14.3 Å². The number of nitrogens with one attached hydrogen (secondary N) is 2. The van der Waals surface area contributed by atoms with Crippen molar-refractivity contribution in [3.05, 3.63) is 0 Å². The molecule has 4 saturated heterocycles. The van der Waals surface area contributed by atoms with Crippen molar-refractivity contribution in [1.82, 2.24) is 15.5 Å². The van der Waals surface area contributed by atoms with Crippen LogP contribution in [0.2, 0.25) is 0 Å². The fourth-order valence-corrected chi connectivity index (χ4v) is 6.18. The molecule has 5 rings (SSSR count). The summed E-state index contributed by atoms with van der Waals surface area (Å²) in [7, 11) is 0. The normalized spacial score (nSPS) is 54.4. The summed E-state index contributed by atoms with van der Waals surface area (Å²) in [5, 5.41) is 28.1. The number of carbonyl (C=O) groups is 1. The topological polar surface area (TPSA) is 129 Å². The molecule has 0 radical (unpaired) electrons. The van der Waals surface area contributed by atoms with Crippen molar-refractivity contribution < 1.29 is 24.5 Å². The number of hydrogen-bond acceptors (Lipinski definition) is 9. The molecule has 4 heterocycles. The molecule has 0 aromatic rings. The lowest BCUT2D eigenvalue weighted by atomic mass is 9.76. The molecule has 10 heteroatoms. The van der Waals surface area contributed by atoms with Crippen molar-refractivity contribution >= 4 is 17.6 Å². The van der Waals surface area contributed by atoms with Gasteiger partial charge in [0.1, 0.15) is 30.6 Å². The van der Waals surface area contributed by atoms with Crippen LogP contribution >= 0.6 is 11.6 Å². The third-order valence-electron chi connectivity index (χ3n) is 7.34. The Morgan fingerprint density at radius 3 is 2.75 bits per heavy atom. The molecule has 158 valence electrons. The second kappa shape index (κ2) is 7.31. The zero-order valence-electron chi connectivity index (χ0n) is 15.6. The Morgan fingerprint density at radius 2 is 1.93 bits per heavy atom. The Labute approximate surface area is 168 Å². The number of halogens is 1. The number of likely N-dealkylation sites (tertiary alicyclic amines) is 1. The first kappa shape index (κ1) is 19.4. The number of aliphatic hydroxyl groups excluding tert-OH is 2. The molecule has 0 spiro atoms. The van der Waals surface area contributed by atoms with Crippen molar-refractivity contribution in [2.75, 3.05) is 13.2 Å². The first-order valence-electron chi connectivity index (χ1n) is 10.3. The molecule has 5 fully saturated rings. The number of carbonyl (C=O) groups excluding carboxylic acids is 1. The Morgan fingerprint density at radius 1 is 1.11 bits per heavy atom. The van der Waals surface area contributed by atoms with E-state index in [9.17, 15) is 15.0 Å². The number of alkyl halides is 1. The number of nitrogens with zero attached hydrogens (tertiary/aromatic N) is 1. The van der Waals surface area contributed by atoms with Crippen LogP contribution in [0.3, 0.4) is 0 Å². The van der Waals surface area contributed by atoms with E-state index in [4.69, 9.17) is 26.8 Å². The summed E-state index contributed by atoms with van der Waals surface area (Å²) in [5.41, 5.74) is 6.17. The van der Waals surface area contributed by atoms with Crippen LogP contribution in [0, 0.1) is 17.8 Å². The second-order valence-corrected chi connectivity index (χ2v) is 9.42. The van der Waals surface area contributed by atoms with Gasteiger partial charge in [-0.3, -0.25) is 20.3 Å². The quantitative estimate of drug-likeness (QED) is 0.269. The number of hydrogen-bond donors (Lipinski definition) is 5. The van der Waals surface area contributed by atoms with E-state index in [-0.39, 0.29) is 41.4 Å². The molecular formula is C18H29ClN4O5. The third kappa shape index (κ3) is 2.99. The van der Waals surface area contributed by atoms with Crippen LogP contribution < -0.4 is 16.4 Å². The molecule has 1 aliphatic carbocycles. The monoisotopic (exact) mass is 416 g/mol. The van der Waals surface area contributed by atoms with Gasteiger partial charge < -0.3 is 25.4 Å². The minimum absolute atomic E-state index is 0.0166. The second-order valence-electron chi connectivity index (χ2n) is 8.80. The molecule has 4 aliphatic heterocycles. The highest BCUT2D eigenvalue weighted by Crippen LogP contribution is 2.45. The van der Waals surface area contributed by atoms with Crippen LogP contribution in [0.25, 0.3) is 0 Å². The van der Waals surface area contributed by atoms with E-state index in [1.807, 2.05) is 4.90 Å². The summed E-state index contributed by atoms with van der Waals surface area (Å²) in [4.78, 5) is 14.4. The van der Waals surface area contributed by atoms with Crippen molar-refractivity contribution in [1.29, 1.82) is 0 Å². The summed E-state index contributed by atoms with van der Waals surface area (Å²) in [6.45, 7) is 1.29. The minimum atomic E-state index is -1.11. The maximum Gasteiger partial charge on any atom is 0.309 e. The highest BCUT2D eigenvalue weighted by atomic mass is 35.5. The molecule has 0 aromatic heterocycles. The summed E-state index contributed by atoms with van der Waals surface area (Å²) in [6.07, 6.45) is -1.20. The van der Waals surface area contributed by atoms with E-state index >= 15 is 0 Å². The lowest BCUT2D eigenvalue weighted by molar-refractivity contribution is -0.158. The SMILES string of the molecule is NC1NCNC2C1CCN2[C@@H]1O[C@H]([C@H]2OC(=O)C3CC(Cl)CCC32)[C@@H](O)[C@H]1O. The zero-order chi connectivity index (χ0) is 19.6. The van der Waals surface area contributed by atoms with Crippen molar-refractivity contribution in [2.24, 2.45) is 23.5 Å². The van der Waals surface area contributed by atoms with E-state index in [2.05, 4.69) is 10.6 Å². The van der Waals surface area contributed by atoms with Gasteiger partial charge in [0, 0.05) is 30.4 Å². The average molecular weight is 417 g/mol. The molecular weight excluding hydrogens is 388 g/mol. The number of cyclic esters (lactones) is 1. The maximum atomic E-state index is 12.3. The van der Waals surface area contributed by atoms with E-state index in [0.29, 0.717) is 19.6 Å². The van der Waals surface area contributed by atoms with Gasteiger partial charge in [-0.25, -0.2) is 0 Å². The average Bonchev–Trinajstić information content (AvgIpc) is 3.32. The Kier molecular flexibility index (Phi) is 5.08. The highest BCUT2D eigenvalue weighted by molar-refractivity contribution is 6.20. The first-order chi connectivity index (χ1) is 13.5. The molecule has 0 aromatic carbocycles. The molecule has 28 heavy (non-hydrogen) atoms. The van der Waals surface area contributed by atoms with Crippen LogP contribution in [0.4, 0.5) is 0 Å². The van der Waals surface area contributed by atoms with Crippen molar-refractivity contribution in [2.45, 2.75) is 74.0 Å². The van der Waals surface area contributed by atoms with Crippen LogP contribution in [-0.4, -0.2) is 82.6 Å². The Balaban J connectivity index is 1.32. The zero-order valence-corrected chi connectivity index (χ0v) is 16.4. The molecule has 6 unspecified atom stereocenters. The molecule has 1 saturated carbocycles. The van der Waals surface area contributed by atoms with Crippen LogP contribution in [0.1, 0.15) is 25.7 Å². The minimum Gasteiger partial charge on any atom is -0.459 e. The van der Waals surface area contributed by atoms with Gasteiger partial charge in [-0.05, 0) is 25.7 Å². The number of fused-ring (bicyclic) bond motifs is 2. The van der Waals surface area contributed by atoms with Gasteiger partial charge in [-0.1, -0.05) is 0 Å². The van der Waals surface area contributed by atoms with Crippen molar-refractivity contribution in [3.63, 3.8) is 0 Å². The van der Waals surface area contributed by atoms with E-state index in [0.717, 1.165) is 19.3 Å². The number of nitrogens with two attached hydrogens (primary N) is 1. The molecule has 0 amide bonds. The van der Waals surface area contributed by atoms with E-state index in [1.165, 1.54) is 0 Å². The summed E-state index contributed by atoms with van der Waals surface area (Å²) in [6, 6.07) is 0. The van der Waals surface area contributed by atoms with Gasteiger partial charge in [0.25, 0.3) is 0 Å². The maximum absolute atomic E-state index is 12.3. The summed E-state index contributed by atoms with van der Waals surface area (Å²) in [5.74, 6) is -0.326. The van der Waals surface area contributed by atoms with Gasteiger partial charge >= 0.3 is 5.97 Å². The summed E-state index contributed by atoms with van der Waals surface area (Å²) >= 11 is 6.24. The van der Waals surface area contributed by atoms with Gasteiger partial charge in [0.15, 0.2) is 0 Å². The molecule has 9 nitrogen and oxygen atoms in total. The van der Waals surface area contributed by atoms with Gasteiger partial charge in [-0.2, -0.15) is 0 Å². The predicted molar refractivity (Wildman–Crippen MR) is 98.7 cm³/mol. The molecule has 6 N–H and O–H groups in total. The van der Waals surface area contributed by atoms with Crippen LogP contribution in [0.5, 0.6) is 0 Å². The predicted octanol–water partition coefficient (Wildman–Crippen LogP) is -1.53.